The first-order valence-electron chi connectivity index (χ1n) is 11.6. The quantitative estimate of drug-likeness (QED) is 0.344. The van der Waals surface area contributed by atoms with Crippen LogP contribution in [0, 0.1) is 0 Å². The van der Waals surface area contributed by atoms with Gasteiger partial charge in [-0.25, -0.2) is 4.79 Å². The van der Waals surface area contributed by atoms with Crippen LogP contribution in [0.15, 0.2) is 61.2 Å². The van der Waals surface area contributed by atoms with E-state index in [0.29, 0.717) is 0 Å². The van der Waals surface area contributed by atoms with Crippen molar-refractivity contribution in [2.24, 2.45) is 0 Å². The number of hydrogen-bond acceptors (Lipinski definition) is 7. The van der Waals surface area contributed by atoms with Crippen molar-refractivity contribution in [2.75, 3.05) is 40.4 Å². The normalized spacial score (nSPS) is 12.6. The number of esters is 1. The lowest BCUT2D eigenvalue weighted by molar-refractivity contribution is -0.146. The Bertz CT molecular complexity index is 1080. The minimum atomic E-state index is -0.935. The Kier molecular flexibility index (Phi) is 9.35. The number of ether oxygens (including phenoxy) is 2. The molecule has 1 atom stereocenters. The highest BCUT2D eigenvalue weighted by Crippen LogP contribution is 2.44. The molecule has 0 fully saturated rings. The second-order valence-electron chi connectivity index (χ2n) is 8.56. The average Bonchev–Trinajstić information content (AvgIpc) is 3.20. The number of Topliss-reactive ketones (excluding diaryl/α,β-unsaturated/α-hetero) is 1. The number of likely N-dealkylation sites (N-methyl/N-ethyl adjacent to an activating group) is 1. The molecule has 0 heterocycles. The molecule has 2 amide bonds. The number of rotatable bonds is 12. The molecular formula is C27H31N3O6. The smallest absolute Gasteiger partial charge is 0.407 e. The summed E-state index contributed by atoms with van der Waals surface area (Å²) < 4.78 is 10.3. The van der Waals surface area contributed by atoms with Crippen LogP contribution in [0.2, 0.25) is 0 Å². The maximum Gasteiger partial charge on any atom is 0.407 e. The maximum absolute atomic E-state index is 12.4. The molecule has 9 heteroatoms. The number of hydrogen-bond donors (Lipinski definition) is 2. The minimum Gasteiger partial charge on any atom is -0.461 e. The van der Waals surface area contributed by atoms with Gasteiger partial charge in [0, 0.05) is 20.0 Å². The molecular weight excluding hydrogens is 462 g/mol. The molecule has 0 spiro atoms. The van der Waals surface area contributed by atoms with Crippen LogP contribution in [0.1, 0.15) is 23.5 Å². The fourth-order valence-electron chi connectivity index (χ4n) is 4.06. The summed E-state index contributed by atoms with van der Waals surface area (Å²) in [4.78, 5) is 50.1. The largest absolute Gasteiger partial charge is 0.461 e. The van der Waals surface area contributed by atoms with Gasteiger partial charge in [0.25, 0.3) is 0 Å². The monoisotopic (exact) mass is 493 g/mol. The number of amides is 2. The summed E-state index contributed by atoms with van der Waals surface area (Å²) in [6.45, 7) is 3.13. The van der Waals surface area contributed by atoms with Gasteiger partial charge in [-0.3, -0.25) is 19.7 Å². The summed E-state index contributed by atoms with van der Waals surface area (Å²) in [5.74, 6) is -1.42. The Balaban J connectivity index is 1.47. The van der Waals surface area contributed by atoms with E-state index in [1.807, 2.05) is 48.5 Å². The van der Waals surface area contributed by atoms with Crippen LogP contribution >= 0.6 is 0 Å². The van der Waals surface area contributed by atoms with E-state index in [1.165, 1.54) is 11.0 Å². The molecule has 1 aliphatic rings. The molecule has 9 nitrogen and oxygen atoms in total. The highest BCUT2D eigenvalue weighted by molar-refractivity contribution is 5.89. The molecule has 0 aliphatic heterocycles. The van der Waals surface area contributed by atoms with Crippen molar-refractivity contribution in [3.8, 4) is 11.1 Å². The summed E-state index contributed by atoms with van der Waals surface area (Å²) >= 11 is 0. The predicted octanol–water partition coefficient (Wildman–Crippen LogP) is 2.26. The van der Waals surface area contributed by atoms with Gasteiger partial charge in [0.05, 0.1) is 25.6 Å². The lowest BCUT2D eigenvalue weighted by Gasteiger charge is -2.21. The van der Waals surface area contributed by atoms with E-state index in [1.54, 1.807) is 14.1 Å². The number of nitrogens with one attached hydrogen (secondary N) is 2. The molecule has 2 aromatic rings. The van der Waals surface area contributed by atoms with Gasteiger partial charge < -0.3 is 19.7 Å². The standard InChI is InChI=1S/C27H31N3O6/c1-4-13-35-25(32)14-24(26(33)30(2)3)28-15-18(31)16-29-27(34)36-17-23-21-11-7-5-9-19(21)20-10-6-8-12-22(20)23/h4-12,23-24,28H,1,13-17H2,2-3H3,(H,29,34)/t24-/m0/s1. The topological polar surface area (TPSA) is 114 Å². The number of alkyl carbamates (subject to hydrolysis) is 1. The van der Waals surface area contributed by atoms with Gasteiger partial charge in [-0.15, -0.1) is 0 Å². The molecule has 1 aliphatic carbocycles. The lowest BCUT2D eigenvalue weighted by atomic mass is 9.98. The zero-order chi connectivity index (χ0) is 26.1. The van der Waals surface area contributed by atoms with Crippen LogP contribution in [0.25, 0.3) is 11.1 Å². The van der Waals surface area contributed by atoms with Crippen LogP contribution in [-0.4, -0.2) is 75.1 Å². The number of benzene rings is 2. The van der Waals surface area contributed by atoms with Gasteiger partial charge in [-0.2, -0.15) is 0 Å². The SMILES string of the molecule is C=CCOC(=O)C[C@H](NCC(=O)CNC(=O)OCC1c2ccccc2-c2ccccc21)C(=O)N(C)C. The fraction of sp³-hybridized carbons (Fsp3) is 0.333. The predicted molar refractivity (Wildman–Crippen MR) is 134 cm³/mol. The summed E-state index contributed by atoms with van der Waals surface area (Å²) in [5, 5.41) is 5.22. The third kappa shape index (κ3) is 6.79. The Morgan fingerprint density at radius 2 is 1.58 bits per heavy atom. The summed E-state index contributed by atoms with van der Waals surface area (Å²) in [6, 6.07) is 15.1. The van der Waals surface area contributed by atoms with E-state index in [-0.39, 0.29) is 50.3 Å². The number of carbonyl (C=O) groups excluding carboxylic acids is 4. The van der Waals surface area contributed by atoms with Crippen molar-refractivity contribution in [2.45, 2.75) is 18.4 Å². The van der Waals surface area contributed by atoms with Gasteiger partial charge in [0.1, 0.15) is 13.2 Å². The minimum absolute atomic E-state index is 0.0324. The maximum atomic E-state index is 12.4. The van der Waals surface area contributed by atoms with Crippen molar-refractivity contribution in [1.82, 2.24) is 15.5 Å². The third-order valence-corrected chi connectivity index (χ3v) is 5.79. The molecule has 3 rings (SSSR count). The Morgan fingerprint density at radius 3 is 2.17 bits per heavy atom. The summed E-state index contributed by atoms with van der Waals surface area (Å²) in [6.07, 6.45) is 0.476. The zero-order valence-corrected chi connectivity index (χ0v) is 20.5. The summed E-state index contributed by atoms with van der Waals surface area (Å²) in [7, 11) is 3.10. The zero-order valence-electron chi connectivity index (χ0n) is 20.5. The Labute approximate surface area is 210 Å². The van der Waals surface area contributed by atoms with Crippen molar-refractivity contribution in [3.05, 3.63) is 72.3 Å². The number of ketones is 1. The van der Waals surface area contributed by atoms with Crippen molar-refractivity contribution in [3.63, 3.8) is 0 Å². The third-order valence-electron chi connectivity index (χ3n) is 5.79. The molecule has 0 unspecified atom stereocenters. The molecule has 0 saturated heterocycles. The van der Waals surface area contributed by atoms with E-state index >= 15 is 0 Å². The van der Waals surface area contributed by atoms with Crippen LogP contribution < -0.4 is 10.6 Å². The van der Waals surface area contributed by atoms with Crippen molar-refractivity contribution >= 4 is 23.8 Å². The fourth-order valence-corrected chi connectivity index (χ4v) is 4.06. The molecule has 2 aromatic carbocycles. The van der Waals surface area contributed by atoms with E-state index in [4.69, 9.17) is 9.47 Å². The van der Waals surface area contributed by atoms with Crippen LogP contribution in [-0.2, 0) is 23.9 Å². The van der Waals surface area contributed by atoms with E-state index < -0.39 is 18.1 Å². The number of carbonyl (C=O) groups is 4. The first-order chi connectivity index (χ1) is 17.3. The first kappa shape index (κ1) is 26.6. The second kappa shape index (κ2) is 12.6. The van der Waals surface area contributed by atoms with Gasteiger partial charge >= 0.3 is 12.1 Å². The Hall–Kier alpha value is -3.98. The highest BCUT2D eigenvalue weighted by Gasteiger charge is 2.29. The van der Waals surface area contributed by atoms with Crippen molar-refractivity contribution < 1.29 is 28.7 Å². The summed E-state index contributed by atoms with van der Waals surface area (Å²) in [5.41, 5.74) is 4.43. The molecule has 0 bridgehead atoms. The first-order valence-corrected chi connectivity index (χ1v) is 11.6. The molecule has 0 aromatic heterocycles. The molecule has 2 N–H and O–H groups in total. The number of nitrogens with zero attached hydrogens (tertiary/aromatic N) is 1. The van der Waals surface area contributed by atoms with E-state index in [2.05, 4.69) is 17.2 Å². The van der Waals surface area contributed by atoms with Crippen LogP contribution in [0.4, 0.5) is 4.79 Å². The Morgan fingerprint density at radius 1 is 0.972 bits per heavy atom. The van der Waals surface area contributed by atoms with Gasteiger partial charge in [0.15, 0.2) is 5.78 Å². The van der Waals surface area contributed by atoms with Crippen molar-refractivity contribution in [1.29, 1.82) is 0 Å². The number of fused-ring (bicyclic) bond motifs is 3. The van der Waals surface area contributed by atoms with Gasteiger partial charge in [-0.1, -0.05) is 61.2 Å². The van der Waals surface area contributed by atoms with E-state index in [0.717, 1.165) is 22.3 Å². The molecule has 0 saturated carbocycles. The highest BCUT2D eigenvalue weighted by atomic mass is 16.5. The molecule has 190 valence electrons. The van der Waals surface area contributed by atoms with Crippen LogP contribution in [0.5, 0.6) is 0 Å². The van der Waals surface area contributed by atoms with Gasteiger partial charge in [0.2, 0.25) is 5.91 Å². The van der Waals surface area contributed by atoms with E-state index in [9.17, 15) is 19.2 Å². The molecule has 0 radical (unpaired) electrons. The van der Waals surface area contributed by atoms with Crippen LogP contribution in [0.3, 0.4) is 0 Å². The van der Waals surface area contributed by atoms with Gasteiger partial charge in [-0.05, 0) is 22.3 Å². The average molecular weight is 494 g/mol. The molecule has 36 heavy (non-hydrogen) atoms. The second-order valence-corrected chi connectivity index (χ2v) is 8.56. The lowest BCUT2D eigenvalue weighted by Crippen LogP contribution is -2.48.